The van der Waals surface area contributed by atoms with Crippen LogP contribution in [0.25, 0.3) is 0 Å². The lowest BCUT2D eigenvalue weighted by atomic mass is 9.64. The lowest BCUT2D eigenvalue weighted by Crippen LogP contribution is -2.43. The van der Waals surface area contributed by atoms with E-state index in [0.717, 1.165) is 6.42 Å². The summed E-state index contributed by atoms with van der Waals surface area (Å²) in [4.78, 5) is 24.6. The molecule has 30 heavy (non-hydrogen) atoms. The molecule has 2 aliphatic carbocycles. The molecule has 0 spiro atoms. The van der Waals surface area contributed by atoms with Crippen molar-refractivity contribution in [3.8, 4) is 0 Å². The second-order valence-corrected chi connectivity index (χ2v) is 10.4. The summed E-state index contributed by atoms with van der Waals surface area (Å²) in [7, 11) is 0. The molecule has 0 aromatic carbocycles. The number of hydrogen-bond donors (Lipinski definition) is 1. The lowest BCUT2D eigenvalue weighted by molar-refractivity contribution is -0.172. The molecule has 0 bridgehead atoms. The first-order valence-electron chi connectivity index (χ1n) is 11.3. The normalized spacial score (nSPS) is 33.8. The van der Waals surface area contributed by atoms with Crippen molar-refractivity contribution in [2.75, 3.05) is 0 Å². The van der Waals surface area contributed by atoms with E-state index in [4.69, 9.17) is 9.47 Å². The van der Waals surface area contributed by atoms with Gasteiger partial charge in [-0.2, -0.15) is 0 Å². The third-order valence-corrected chi connectivity index (χ3v) is 6.52. The molecular weight excluding hydrogens is 380 g/mol. The zero-order valence-corrected chi connectivity index (χ0v) is 19.7. The Kier molecular flexibility index (Phi) is 8.32. The monoisotopic (exact) mass is 420 g/mol. The van der Waals surface area contributed by atoms with E-state index in [9.17, 15) is 14.7 Å². The van der Waals surface area contributed by atoms with Crippen molar-refractivity contribution in [3.05, 3.63) is 23.8 Å². The number of carbonyl (C=O) groups excluding carboxylic acids is 2. The third-order valence-electron chi connectivity index (χ3n) is 6.52. The van der Waals surface area contributed by atoms with Crippen molar-refractivity contribution in [2.45, 2.75) is 92.5 Å². The van der Waals surface area contributed by atoms with Crippen molar-refractivity contribution < 1.29 is 24.2 Å². The summed E-state index contributed by atoms with van der Waals surface area (Å²) < 4.78 is 11.6. The maximum atomic E-state index is 12.8. The van der Waals surface area contributed by atoms with Gasteiger partial charge in [-0.25, -0.2) is 0 Å². The quantitative estimate of drug-likeness (QED) is 0.523. The largest absolute Gasteiger partial charge is 0.458 e. The van der Waals surface area contributed by atoms with Crippen molar-refractivity contribution in [2.24, 2.45) is 29.1 Å². The minimum Gasteiger partial charge on any atom is -0.458 e. The number of ether oxygens (including phenoxy) is 2. The number of fused-ring (bicyclic) bond motifs is 1. The van der Waals surface area contributed by atoms with Gasteiger partial charge in [0.25, 0.3) is 0 Å². The minimum atomic E-state index is -0.654. The van der Waals surface area contributed by atoms with Crippen molar-refractivity contribution in [1.29, 1.82) is 0 Å². The Morgan fingerprint density at radius 3 is 2.37 bits per heavy atom. The number of allylic oxidation sites excluding steroid dienone is 2. The average Bonchev–Trinajstić information content (AvgIpc) is 2.61. The summed E-state index contributed by atoms with van der Waals surface area (Å²) in [5.41, 5.74) is 0.653. The number of carbonyl (C=O) groups is 2. The number of aliphatic hydroxyl groups is 1. The highest BCUT2D eigenvalue weighted by molar-refractivity contribution is 5.75. The predicted molar refractivity (Wildman–Crippen MR) is 118 cm³/mol. The van der Waals surface area contributed by atoms with Crippen LogP contribution in [0.4, 0.5) is 0 Å². The van der Waals surface area contributed by atoms with Gasteiger partial charge in [0.2, 0.25) is 0 Å². The summed E-state index contributed by atoms with van der Waals surface area (Å²) in [6.07, 6.45) is 7.05. The van der Waals surface area contributed by atoms with Crippen LogP contribution < -0.4 is 0 Å². The van der Waals surface area contributed by atoms with Crippen molar-refractivity contribution in [1.82, 2.24) is 0 Å². The van der Waals surface area contributed by atoms with Crippen molar-refractivity contribution >= 4 is 11.9 Å². The zero-order valence-electron chi connectivity index (χ0n) is 19.7. The first-order valence-corrected chi connectivity index (χ1v) is 11.3. The number of esters is 2. The zero-order chi connectivity index (χ0) is 22.6. The fourth-order valence-corrected chi connectivity index (χ4v) is 4.77. The molecule has 0 amide bonds. The number of rotatable bonds is 3. The third kappa shape index (κ3) is 6.44. The van der Waals surface area contributed by atoms with Gasteiger partial charge in [-0.05, 0) is 83.1 Å². The molecule has 0 heterocycles. The molecule has 0 saturated heterocycles. The topological polar surface area (TPSA) is 72.8 Å². The first-order chi connectivity index (χ1) is 13.9. The van der Waals surface area contributed by atoms with Gasteiger partial charge in [-0.15, -0.1) is 0 Å². The fourth-order valence-electron chi connectivity index (χ4n) is 4.77. The molecule has 0 aromatic heterocycles. The Labute approximate surface area is 181 Å². The van der Waals surface area contributed by atoms with E-state index in [1.807, 2.05) is 26.8 Å². The van der Waals surface area contributed by atoms with E-state index in [1.165, 1.54) is 12.5 Å². The van der Waals surface area contributed by atoms with Gasteiger partial charge in [0.1, 0.15) is 6.10 Å². The van der Waals surface area contributed by atoms with Gasteiger partial charge in [0.05, 0.1) is 11.5 Å². The molecule has 5 nitrogen and oxygen atoms in total. The van der Waals surface area contributed by atoms with Gasteiger partial charge in [-0.1, -0.05) is 31.6 Å². The second kappa shape index (κ2) is 10.1. The minimum absolute atomic E-state index is 0.224. The van der Waals surface area contributed by atoms with Crippen LogP contribution in [0.2, 0.25) is 0 Å². The molecule has 2 aliphatic rings. The molecule has 0 fully saturated rings. The summed E-state index contributed by atoms with van der Waals surface area (Å²) in [6, 6.07) is 0. The molecule has 0 unspecified atom stereocenters. The van der Waals surface area contributed by atoms with Crippen LogP contribution in [-0.4, -0.2) is 35.4 Å². The Bertz CT molecular complexity index is 670. The van der Waals surface area contributed by atoms with E-state index >= 15 is 0 Å². The summed E-state index contributed by atoms with van der Waals surface area (Å²) in [5.74, 6) is 0.645. The summed E-state index contributed by atoms with van der Waals surface area (Å²) in [5, 5.41) is 10.6. The predicted octanol–water partition coefficient (Wildman–Crippen LogP) is 4.83. The first kappa shape index (κ1) is 24.6. The van der Waals surface area contributed by atoms with Gasteiger partial charge in [-0.3, -0.25) is 9.59 Å². The van der Waals surface area contributed by atoms with E-state index in [2.05, 4.69) is 26.8 Å². The fraction of sp³-hybridized carbons (Fsp3) is 0.760. The molecule has 0 radical (unpaired) electrons. The number of hydrogen-bond acceptors (Lipinski definition) is 5. The van der Waals surface area contributed by atoms with E-state index in [1.54, 1.807) is 6.08 Å². The van der Waals surface area contributed by atoms with Crippen LogP contribution in [0.5, 0.6) is 0 Å². The van der Waals surface area contributed by atoms with Crippen LogP contribution in [-0.2, 0) is 19.1 Å². The maximum absolute atomic E-state index is 12.8. The van der Waals surface area contributed by atoms with Gasteiger partial charge in [0.15, 0.2) is 6.10 Å². The second-order valence-electron chi connectivity index (χ2n) is 10.4. The number of aliphatic hydroxyl groups excluding tert-OH is 1. The van der Waals surface area contributed by atoms with Gasteiger partial charge >= 0.3 is 11.9 Å². The Balaban J connectivity index is 2.47. The molecule has 170 valence electrons. The van der Waals surface area contributed by atoms with Crippen LogP contribution in [0.3, 0.4) is 0 Å². The van der Waals surface area contributed by atoms with Crippen LogP contribution in [0.15, 0.2) is 23.8 Å². The molecule has 0 saturated carbocycles. The summed E-state index contributed by atoms with van der Waals surface area (Å²) in [6.45, 7) is 13.5. The Hall–Kier alpha value is -1.62. The van der Waals surface area contributed by atoms with E-state index in [0.29, 0.717) is 31.1 Å². The molecule has 5 heteroatoms. The summed E-state index contributed by atoms with van der Waals surface area (Å²) >= 11 is 0. The SMILES string of the molecule is CC(=O)O[C@H]1/C=C\C[C@@H](O)C[C@H]2C(C)=CC[C@H](C(C)C)[C@H]2C[C@@H]1OC(=O)C(C)(C)C. The highest BCUT2D eigenvalue weighted by Crippen LogP contribution is 2.45. The molecular formula is C25H40O5. The maximum Gasteiger partial charge on any atom is 0.311 e. The highest BCUT2D eigenvalue weighted by atomic mass is 16.6. The Morgan fingerprint density at radius 2 is 1.80 bits per heavy atom. The molecule has 0 aromatic rings. The smallest absolute Gasteiger partial charge is 0.311 e. The Morgan fingerprint density at radius 1 is 1.13 bits per heavy atom. The van der Waals surface area contributed by atoms with E-state index in [-0.39, 0.29) is 17.8 Å². The van der Waals surface area contributed by atoms with Crippen LogP contribution in [0.1, 0.15) is 74.1 Å². The standard InChI is InChI=1S/C25H40O5/c1-15(2)19-12-11-16(3)20-13-18(27)9-8-10-22(29-17(4)26)23(14-21(19)20)30-24(28)25(5,6)7/h8,10-11,15,18-23,27H,9,12-14H2,1-7H3/b10-8-/t18-,19-,20+,21-,22+,23+/m1/s1. The van der Waals surface area contributed by atoms with E-state index < -0.39 is 29.7 Å². The van der Waals surface area contributed by atoms with Crippen LogP contribution in [0, 0.1) is 29.1 Å². The molecule has 6 atom stereocenters. The molecule has 1 N–H and O–H groups in total. The molecule has 0 aliphatic heterocycles. The van der Waals surface area contributed by atoms with Gasteiger partial charge in [0, 0.05) is 6.92 Å². The molecule has 2 rings (SSSR count). The average molecular weight is 421 g/mol. The highest BCUT2D eigenvalue weighted by Gasteiger charge is 2.41. The van der Waals surface area contributed by atoms with Gasteiger partial charge < -0.3 is 14.6 Å². The van der Waals surface area contributed by atoms with Crippen LogP contribution >= 0.6 is 0 Å². The van der Waals surface area contributed by atoms with Crippen molar-refractivity contribution in [3.63, 3.8) is 0 Å². The lowest BCUT2D eigenvalue weighted by Gasteiger charge is -2.43.